The molecule has 0 radical (unpaired) electrons. The fraction of sp³-hybridized carbons (Fsp3) is 0.294. The molecule has 1 aromatic heterocycles. The summed E-state index contributed by atoms with van der Waals surface area (Å²) in [4.78, 5) is 23.3. The Morgan fingerprint density at radius 1 is 1.12 bits per heavy atom. The van der Waals surface area contributed by atoms with Crippen LogP contribution in [0.25, 0.3) is 0 Å². The molecule has 0 saturated carbocycles. The number of carbonyl (C=O) groups is 2. The van der Waals surface area contributed by atoms with Gasteiger partial charge in [-0.3, -0.25) is 4.79 Å². The van der Waals surface area contributed by atoms with Crippen molar-refractivity contribution in [2.75, 3.05) is 24.4 Å². The second-order valence-electron chi connectivity index (χ2n) is 5.49. The fourth-order valence-electron chi connectivity index (χ4n) is 2.40. The van der Waals surface area contributed by atoms with Crippen LogP contribution in [0.4, 0.5) is 17.2 Å². The first-order chi connectivity index (χ1) is 12.2. The Hall–Kier alpha value is -3.00. The summed E-state index contributed by atoms with van der Waals surface area (Å²) in [6.45, 7) is 0.636. The Bertz CT molecular complexity index is 740. The highest BCUT2D eigenvalue weighted by molar-refractivity contribution is 5.94. The smallest absolute Gasteiger partial charge is 0.358 e. The second kappa shape index (κ2) is 7.71. The number of amides is 1. The SMILES string of the molecule is COC(=O)c1ccc(Nc2ccc(NC(=O)C3CCCO3)cc2)nn1. The Balaban J connectivity index is 1.58. The first-order valence-corrected chi connectivity index (χ1v) is 7.87. The van der Waals surface area contributed by atoms with Crippen LogP contribution in [0, 0.1) is 0 Å². The monoisotopic (exact) mass is 342 g/mol. The standard InChI is InChI=1S/C17H18N4O4/c1-24-17(23)13-8-9-15(21-20-13)18-11-4-6-12(7-5-11)19-16(22)14-3-2-10-25-14/h4-9,14H,2-3,10H2,1H3,(H,18,21)(H,19,22). The summed E-state index contributed by atoms with van der Waals surface area (Å²) in [5.74, 6) is -0.170. The number of anilines is 3. The van der Waals surface area contributed by atoms with Gasteiger partial charge in [0.15, 0.2) is 11.5 Å². The van der Waals surface area contributed by atoms with E-state index >= 15 is 0 Å². The van der Waals surface area contributed by atoms with Crippen LogP contribution in [0.3, 0.4) is 0 Å². The first kappa shape index (κ1) is 16.8. The van der Waals surface area contributed by atoms with Crippen LogP contribution in [0.2, 0.25) is 0 Å². The maximum atomic E-state index is 12.0. The van der Waals surface area contributed by atoms with E-state index < -0.39 is 5.97 Å². The van der Waals surface area contributed by atoms with E-state index in [1.54, 1.807) is 30.3 Å². The highest BCUT2D eigenvalue weighted by Crippen LogP contribution is 2.19. The maximum absolute atomic E-state index is 12.0. The lowest BCUT2D eigenvalue weighted by atomic mass is 10.2. The average molecular weight is 342 g/mol. The lowest BCUT2D eigenvalue weighted by molar-refractivity contribution is -0.124. The number of methoxy groups -OCH3 is 1. The van der Waals surface area contributed by atoms with Crippen molar-refractivity contribution >= 4 is 29.1 Å². The molecule has 2 heterocycles. The highest BCUT2D eigenvalue weighted by Gasteiger charge is 2.23. The quantitative estimate of drug-likeness (QED) is 0.802. The van der Waals surface area contributed by atoms with Crippen molar-refractivity contribution in [3.63, 3.8) is 0 Å². The molecule has 1 unspecified atom stereocenters. The molecular formula is C17H18N4O4. The van der Waals surface area contributed by atoms with E-state index in [9.17, 15) is 9.59 Å². The number of nitrogens with zero attached hydrogens (tertiary/aromatic N) is 2. The minimum Gasteiger partial charge on any atom is -0.464 e. The summed E-state index contributed by atoms with van der Waals surface area (Å²) in [6.07, 6.45) is 1.31. The molecule has 2 N–H and O–H groups in total. The van der Waals surface area contributed by atoms with Crippen LogP contribution in [-0.2, 0) is 14.3 Å². The van der Waals surface area contributed by atoms with Crippen molar-refractivity contribution in [1.29, 1.82) is 0 Å². The van der Waals surface area contributed by atoms with Gasteiger partial charge in [-0.1, -0.05) is 0 Å². The molecule has 2 aromatic rings. The van der Waals surface area contributed by atoms with Crippen molar-refractivity contribution < 1.29 is 19.1 Å². The molecule has 3 rings (SSSR count). The van der Waals surface area contributed by atoms with Gasteiger partial charge in [0.1, 0.15) is 6.10 Å². The zero-order chi connectivity index (χ0) is 17.6. The number of hydrogen-bond donors (Lipinski definition) is 2. The van der Waals surface area contributed by atoms with Gasteiger partial charge in [-0.2, -0.15) is 0 Å². The number of esters is 1. The molecule has 1 aliphatic rings. The summed E-state index contributed by atoms with van der Waals surface area (Å²) in [7, 11) is 1.29. The van der Waals surface area contributed by atoms with Crippen molar-refractivity contribution in [2.45, 2.75) is 18.9 Å². The molecule has 0 aliphatic carbocycles. The number of aromatic nitrogens is 2. The van der Waals surface area contributed by atoms with E-state index in [0.717, 1.165) is 18.5 Å². The predicted molar refractivity (Wildman–Crippen MR) is 90.7 cm³/mol. The van der Waals surface area contributed by atoms with Crippen LogP contribution in [0.5, 0.6) is 0 Å². The minimum atomic E-state index is -0.537. The van der Waals surface area contributed by atoms with Crippen LogP contribution in [0.15, 0.2) is 36.4 Å². The molecule has 1 aromatic carbocycles. The van der Waals surface area contributed by atoms with E-state index in [1.165, 1.54) is 13.2 Å². The van der Waals surface area contributed by atoms with Crippen molar-refractivity contribution in [1.82, 2.24) is 10.2 Å². The van der Waals surface area contributed by atoms with Gasteiger partial charge in [0.2, 0.25) is 0 Å². The molecule has 1 aliphatic heterocycles. The molecule has 1 fully saturated rings. The van der Waals surface area contributed by atoms with E-state index in [4.69, 9.17) is 4.74 Å². The van der Waals surface area contributed by atoms with Gasteiger partial charge in [-0.05, 0) is 49.2 Å². The van der Waals surface area contributed by atoms with Crippen LogP contribution in [0.1, 0.15) is 23.3 Å². The van der Waals surface area contributed by atoms with Crippen molar-refractivity contribution in [2.24, 2.45) is 0 Å². The maximum Gasteiger partial charge on any atom is 0.358 e. The minimum absolute atomic E-state index is 0.123. The van der Waals surface area contributed by atoms with Gasteiger partial charge in [0.05, 0.1) is 7.11 Å². The van der Waals surface area contributed by atoms with Crippen LogP contribution >= 0.6 is 0 Å². The summed E-state index contributed by atoms with van der Waals surface area (Å²) in [6, 6.07) is 10.3. The number of benzene rings is 1. The lowest BCUT2D eigenvalue weighted by Crippen LogP contribution is -2.26. The number of hydrogen-bond acceptors (Lipinski definition) is 7. The van der Waals surface area contributed by atoms with Crippen LogP contribution < -0.4 is 10.6 Å². The molecule has 1 amide bonds. The molecule has 8 nitrogen and oxygen atoms in total. The predicted octanol–water partition coefficient (Wildman–Crippen LogP) is 2.12. The largest absolute Gasteiger partial charge is 0.464 e. The summed E-state index contributed by atoms with van der Waals surface area (Å²) >= 11 is 0. The third kappa shape index (κ3) is 4.30. The first-order valence-electron chi connectivity index (χ1n) is 7.87. The Morgan fingerprint density at radius 2 is 1.88 bits per heavy atom. The van der Waals surface area contributed by atoms with Gasteiger partial charge in [0, 0.05) is 18.0 Å². The van der Waals surface area contributed by atoms with Crippen molar-refractivity contribution in [3.05, 3.63) is 42.1 Å². The number of ether oxygens (including phenoxy) is 2. The highest BCUT2D eigenvalue weighted by atomic mass is 16.5. The normalized spacial score (nSPS) is 16.3. The second-order valence-corrected chi connectivity index (χ2v) is 5.49. The van der Waals surface area contributed by atoms with Gasteiger partial charge >= 0.3 is 5.97 Å². The number of carbonyl (C=O) groups excluding carboxylic acids is 2. The van der Waals surface area contributed by atoms with E-state index in [0.29, 0.717) is 18.1 Å². The molecule has 0 bridgehead atoms. The van der Waals surface area contributed by atoms with Gasteiger partial charge in [-0.25, -0.2) is 4.79 Å². The zero-order valence-corrected chi connectivity index (χ0v) is 13.7. The molecule has 1 atom stereocenters. The number of nitrogens with one attached hydrogen (secondary N) is 2. The molecule has 1 saturated heterocycles. The van der Waals surface area contributed by atoms with E-state index in [1.807, 2.05) is 0 Å². The molecule has 0 spiro atoms. The number of rotatable bonds is 5. The van der Waals surface area contributed by atoms with Gasteiger partial charge in [-0.15, -0.1) is 10.2 Å². The van der Waals surface area contributed by atoms with Gasteiger partial charge < -0.3 is 20.1 Å². The Kier molecular flexibility index (Phi) is 5.20. The summed E-state index contributed by atoms with van der Waals surface area (Å²) in [5.41, 5.74) is 1.61. The third-order valence-electron chi connectivity index (χ3n) is 3.71. The Morgan fingerprint density at radius 3 is 2.48 bits per heavy atom. The van der Waals surface area contributed by atoms with E-state index in [2.05, 4.69) is 25.6 Å². The van der Waals surface area contributed by atoms with Crippen molar-refractivity contribution in [3.8, 4) is 0 Å². The molecule has 8 heteroatoms. The summed E-state index contributed by atoms with van der Waals surface area (Å²) < 4.78 is 9.92. The molecule has 25 heavy (non-hydrogen) atoms. The van der Waals surface area contributed by atoms with Gasteiger partial charge in [0.25, 0.3) is 5.91 Å². The zero-order valence-electron chi connectivity index (χ0n) is 13.7. The topological polar surface area (TPSA) is 102 Å². The Labute approximate surface area is 144 Å². The third-order valence-corrected chi connectivity index (χ3v) is 3.71. The van der Waals surface area contributed by atoms with E-state index in [-0.39, 0.29) is 17.7 Å². The van der Waals surface area contributed by atoms with Crippen LogP contribution in [-0.4, -0.2) is 41.9 Å². The summed E-state index contributed by atoms with van der Waals surface area (Å²) in [5, 5.41) is 13.6. The average Bonchev–Trinajstić information content (AvgIpc) is 3.18. The molecular weight excluding hydrogens is 324 g/mol. The fourth-order valence-corrected chi connectivity index (χ4v) is 2.40. The molecule has 130 valence electrons. The lowest BCUT2D eigenvalue weighted by Gasteiger charge is -2.11.